The maximum atomic E-state index is 14.5. The zero-order valence-electron chi connectivity index (χ0n) is 26.6. The van der Waals surface area contributed by atoms with Gasteiger partial charge in [-0.1, -0.05) is 84.1 Å². The molecule has 0 saturated heterocycles. The summed E-state index contributed by atoms with van der Waals surface area (Å²) < 4.78 is 9.74. The fourth-order valence-corrected chi connectivity index (χ4v) is 7.52. The Labute approximate surface area is 289 Å². The van der Waals surface area contributed by atoms with Gasteiger partial charge in [-0.2, -0.15) is 0 Å². The minimum Gasteiger partial charge on any atom is -0.463 e. The molecule has 9 nitrogen and oxygen atoms in total. The normalized spacial score (nSPS) is 14.5. The van der Waals surface area contributed by atoms with Gasteiger partial charge < -0.3 is 9.30 Å². The van der Waals surface area contributed by atoms with Crippen molar-refractivity contribution in [2.24, 2.45) is 4.99 Å². The van der Waals surface area contributed by atoms with Gasteiger partial charge in [0.15, 0.2) is 4.80 Å². The second-order valence-electron chi connectivity index (χ2n) is 11.4. The third-order valence-electron chi connectivity index (χ3n) is 8.41. The number of nitro groups is 1. The lowest BCUT2D eigenvalue weighted by molar-refractivity contribution is -0.384. The van der Waals surface area contributed by atoms with Crippen molar-refractivity contribution in [2.45, 2.75) is 24.4 Å². The number of carbonyl (C=O) groups is 1. The molecule has 0 aliphatic carbocycles. The van der Waals surface area contributed by atoms with Crippen LogP contribution in [0.3, 0.4) is 0 Å². The molecule has 49 heavy (non-hydrogen) atoms. The number of non-ortho nitro benzene ring substituents is 1. The smallest absolute Gasteiger partial charge is 0.338 e. The predicted molar refractivity (Wildman–Crippen MR) is 193 cm³/mol. The summed E-state index contributed by atoms with van der Waals surface area (Å²) in [4.78, 5) is 45.5. The molecule has 1 atom stereocenters. The number of aromatic nitrogens is 2. The molecule has 7 rings (SSSR count). The quantitative estimate of drug-likeness (QED) is 0.0737. The van der Waals surface area contributed by atoms with E-state index in [4.69, 9.17) is 9.73 Å². The first-order chi connectivity index (χ1) is 23.9. The molecule has 0 fully saturated rings. The van der Waals surface area contributed by atoms with Gasteiger partial charge in [-0.05, 0) is 48.6 Å². The Morgan fingerprint density at radius 3 is 2.41 bits per heavy atom. The summed E-state index contributed by atoms with van der Waals surface area (Å²) in [5.74, 6) is -0.521. The second-order valence-corrected chi connectivity index (χ2v) is 13.2. The van der Waals surface area contributed by atoms with Gasteiger partial charge in [0.25, 0.3) is 11.2 Å². The Morgan fingerprint density at radius 2 is 1.71 bits per heavy atom. The molecule has 0 N–H and O–H groups in total. The van der Waals surface area contributed by atoms with Crippen molar-refractivity contribution in [3.63, 3.8) is 0 Å². The molecule has 0 radical (unpaired) electrons. The van der Waals surface area contributed by atoms with E-state index in [-0.39, 0.29) is 17.9 Å². The second kappa shape index (κ2) is 13.5. The number of fused-ring (bicyclic) bond motifs is 2. The highest BCUT2D eigenvalue weighted by atomic mass is 32.2. The Hall–Kier alpha value is -5.52. The monoisotopic (exact) mass is 686 g/mol. The number of hydrogen-bond donors (Lipinski definition) is 0. The van der Waals surface area contributed by atoms with E-state index in [1.54, 1.807) is 35.4 Å². The summed E-state index contributed by atoms with van der Waals surface area (Å²) in [6.45, 7) is 2.43. The molecule has 0 unspecified atom stereocenters. The summed E-state index contributed by atoms with van der Waals surface area (Å²) in [5, 5.41) is 12.1. The average molecular weight is 687 g/mol. The largest absolute Gasteiger partial charge is 0.463 e. The molecule has 4 aromatic carbocycles. The maximum absolute atomic E-state index is 14.5. The van der Waals surface area contributed by atoms with E-state index < -0.39 is 16.9 Å². The Bertz CT molecular complexity index is 2430. The molecule has 244 valence electrons. The van der Waals surface area contributed by atoms with Crippen LogP contribution in [0.1, 0.15) is 35.2 Å². The SMILES string of the molecule is CCOC(=O)C1=C(c2ccccc2)N=c2s/c(=C\c3cn(Cc4ccc([N+](=O)[O-])cc4)c4ccccc34)c(=O)n2[C@H]1c1ccc(SC)cc1. The van der Waals surface area contributed by atoms with Crippen molar-refractivity contribution < 1.29 is 14.5 Å². The molecule has 0 saturated carbocycles. The van der Waals surface area contributed by atoms with E-state index in [9.17, 15) is 19.7 Å². The third-order valence-corrected chi connectivity index (χ3v) is 10.1. The highest BCUT2D eigenvalue weighted by molar-refractivity contribution is 7.98. The number of carbonyl (C=O) groups excluding carboxylic acids is 1. The number of rotatable bonds is 9. The number of thioether (sulfide) groups is 1. The van der Waals surface area contributed by atoms with E-state index in [1.165, 1.54) is 23.5 Å². The molecular formula is C38H30N4O5S2. The van der Waals surface area contributed by atoms with E-state index >= 15 is 0 Å². The van der Waals surface area contributed by atoms with E-state index in [0.717, 1.165) is 38.1 Å². The number of hydrogen-bond acceptors (Lipinski definition) is 8. The lowest BCUT2D eigenvalue weighted by Crippen LogP contribution is -2.40. The lowest BCUT2D eigenvalue weighted by atomic mass is 9.93. The van der Waals surface area contributed by atoms with Crippen molar-refractivity contribution in [2.75, 3.05) is 12.9 Å². The van der Waals surface area contributed by atoms with Crippen LogP contribution in [0.5, 0.6) is 0 Å². The first-order valence-corrected chi connectivity index (χ1v) is 17.6. The summed E-state index contributed by atoms with van der Waals surface area (Å²) in [5.41, 5.74) is 4.80. The molecule has 0 spiro atoms. The Kier molecular flexibility index (Phi) is 8.85. The molecule has 11 heteroatoms. The van der Waals surface area contributed by atoms with Gasteiger partial charge in [0, 0.05) is 51.8 Å². The minimum absolute atomic E-state index is 0.0391. The zero-order chi connectivity index (χ0) is 34.1. The number of benzene rings is 4. The van der Waals surface area contributed by atoms with Gasteiger partial charge in [0.2, 0.25) is 0 Å². The van der Waals surface area contributed by atoms with Crippen LogP contribution in [0.2, 0.25) is 0 Å². The predicted octanol–water partition coefficient (Wildman–Crippen LogP) is 6.57. The average Bonchev–Trinajstić information content (AvgIpc) is 3.63. The van der Waals surface area contributed by atoms with Crippen LogP contribution in [0.15, 0.2) is 130 Å². The molecule has 1 aliphatic heterocycles. The van der Waals surface area contributed by atoms with Crippen LogP contribution in [0.4, 0.5) is 5.69 Å². The number of ether oxygens (including phenoxy) is 1. The first kappa shape index (κ1) is 32.0. The standard InChI is InChI=1S/C38H30N4O5S2/c1-3-47-37(44)33-34(25-9-5-4-6-10-25)39-38-41(35(33)26-15-19-29(48-2)20-16-26)36(43)32(49-38)21-27-23-40(31-12-8-7-11-30(27)31)22-24-13-17-28(18-14-24)42(45)46/h4-21,23,35H,3,22H2,1-2H3/b32-21-/t35-/m0/s1. The van der Waals surface area contributed by atoms with Crippen LogP contribution in [0.25, 0.3) is 22.7 Å². The van der Waals surface area contributed by atoms with Gasteiger partial charge in [0.05, 0.1) is 33.4 Å². The number of thiazole rings is 1. The number of nitro benzene ring substituents is 1. The van der Waals surface area contributed by atoms with Crippen LogP contribution in [-0.4, -0.2) is 32.9 Å². The molecule has 0 amide bonds. The van der Waals surface area contributed by atoms with Gasteiger partial charge in [-0.3, -0.25) is 19.5 Å². The van der Waals surface area contributed by atoms with E-state index in [0.29, 0.717) is 27.1 Å². The zero-order valence-corrected chi connectivity index (χ0v) is 28.2. The third kappa shape index (κ3) is 6.14. The molecule has 1 aliphatic rings. The van der Waals surface area contributed by atoms with Crippen molar-refractivity contribution in [1.82, 2.24) is 9.13 Å². The number of esters is 1. The maximum Gasteiger partial charge on any atom is 0.338 e. The molecule has 0 bridgehead atoms. The summed E-state index contributed by atoms with van der Waals surface area (Å²) >= 11 is 2.89. The topological polar surface area (TPSA) is 109 Å². The van der Waals surface area contributed by atoms with Gasteiger partial charge in [-0.15, -0.1) is 11.8 Å². The van der Waals surface area contributed by atoms with Crippen molar-refractivity contribution in [1.29, 1.82) is 0 Å². The van der Waals surface area contributed by atoms with Gasteiger partial charge in [0.1, 0.15) is 0 Å². The van der Waals surface area contributed by atoms with Gasteiger partial charge >= 0.3 is 5.97 Å². The van der Waals surface area contributed by atoms with Crippen LogP contribution in [-0.2, 0) is 16.1 Å². The van der Waals surface area contributed by atoms with Crippen molar-refractivity contribution in [3.05, 3.63) is 167 Å². The molecule has 6 aromatic rings. The van der Waals surface area contributed by atoms with Crippen LogP contribution >= 0.6 is 23.1 Å². The first-order valence-electron chi connectivity index (χ1n) is 15.6. The fraction of sp³-hybridized carbons (Fsp3) is 0.132. The molecule has 2 aromatic heterocycles. The Balaban J connectivity index is 1.41. The summed E-state index contributed by atoms with van der Waals surface area (Å²) in [6.07, 6.45) is 5.86. The minimum atomic E-state index is -0.757. The van der Waals surface area contributed by atoms with Gasteiger partial charge in [-0.25, -0.2) is 9.79 Å². The van der Waals surface area contributed by atoms with Crippen molar-refractivity contribution >= 4 is 57.4 Å². The van der Waals surface area contributed by atoms with E-state index in [1.807, 2.05) is 97.4 Å². The molecular weight excluding hydrogens is 657 g/mol. The highest BCUT2D eigenvalue weighted by Crippen LogP contribution is 2.36. The number of para-hydroxylation sites is 1. The van der Waals surface area contributed by atoms with E-state index in [2.05, 4.69) is 4.57 Å². The van der Waals surface area contributed by atoms with Crippen molar-refractivity contribution in [3.8, 4) is 0 Å². The number of nitrogens with zero attached hydrogens (tertiary/aromatic N) is 4. The lowest BCUT2D eigenvalue weighted by Gasteiger charge is -2.26. The molecule has 3 heterocycles. The van der Waals surface area contributed by atoms with Crippen LogP contribution < -0.4 is 14.9 Å². The summed E-state index contributed by atoms with van der Waals surface area (Å²) in [7, 11) is 0. The summed E-state index contributed by atoms with van der Waals surface area (Å²) in [6, 6.07) is 31.0. The fourth-order valence-electron chi connectivity index (χ4n) is 6.12. The highest BCUT2D eigenvalue weighted by Gasteiger charge is 2.35. The Morgan fingerprint density at radius 1 is 1.00 bits per heavy atom. The van der Waals surface area contributed by atoms with Crippen LogP contribution in [0, 0.1) is 10.1 Å².